The molecule has 1 rings (SSSR count). The number of carbonyl (C=O) groups is 2. The van der Waals surface area contributed by atoms with Crippen LogP contribution in [0.2, 0.25) is 0 Å². The molecule has 1 saturated heterocycles. The molecule has 0 saturated carbocycles. The molecule has 2 atom stereocenters. The zero-order valence-corrected chi connectivity index (χ0v) is 10.3. The van der Waals surface area contributed by atoms with E-state index in [1.165, 1.54) is 0 Å². The van der Waals surface area contributed by atoms with E-state index in [4.69, 9.17) is 9.84 Å². The van der Waals surface area contributed by atoms with Gasteiger partial charge in [-0.2, -0.15) is 0 Å². The fourth-order valence-corrected chi connectivity index (χ4v) is 1.89. The molecular weight excluding hydrogens is 224 g/mol. The number of carboxylic acid groups (broad SMARTS) is 1. The summed E-state index contributed by atoms with van der Waals surface area (Å²) in [5.41, 5.74) is 0. The van der Waals surface area contributed by atoms with Crippen LogP contribution in [0.15, 0.2) is 0 Å². The molecule has 0 aromatic carbocycles. The van der Waals surface area contributed by atoms with Crippen molar-refractivity contribution in [3.63, 3.8) is 0 Å². The van der Waals surface area contributed by atoms with Gasteiger partial charge in [0.05, 0.1) is 6.10 Å². The predicted octanol–water partition coefficient (Wildman–Crippen LogP) is 0.670. The smallest absolute Gasteiger partial charge is 0.326 e. The molecule has 1 heterocycles. The van der Waals surface area contributed by atoms with Crippen molar-refractivity contribution in [3.05, 3.63) is 0 Å². The number of likely N-dealkylation sites (tertiary alicyclic amines) is 1. The number of amides is 2. The number of hydrogen-bond donors (Lipinski definition) is 2. The van der Waals surface area contributed by atoms with Crippen molar-refractivity contribution < 1.29 is 19.4 Å². The minimum atomic E-state index is -0.984. The maximum absolute atomic E-state index is 11.8. The van der Waals surface area contributed by atoms with Gasteiger partial charge in [-0.15, -0.1) is 0 Å². The summed E-state index contributed by atoms with van der Waals surface area (Å²) in [5, 5.41) is 11.5. The van der Waals surface area contributed by atoms with Crippen LogP contribution in [-0.4, -0.2) is 54.4 Å². The number of rotatable bonds is 5. The molecule has 2 N–H and O–H groups in total. The standard InChI is InChI=1S/C11H20N2O4/c1-3-4-9(10(14)15)12-11(16)13-6-5-8(7-13)17-2/h8-9H,3-7H2,1-2H3,(H,12,16)(H,14,15). The van der Waals surface area contributed by atoms with Crippen LogP contribution in [-0.2, 0) is 9.53 Å². The van der Waals surface area contributed by atoms with Gasteiger partial charge in [-0.05, 0) is 12.8 Å². The minimum Gasteiger partial charge on any atom is -0.480 e. The summed E-state index contributed by atoms with van der Waals surface area (Å²) < 4.78 is 5.15. The highest BCUT2D eigenvalue weighted by atomic mass is 16.5. The SMILES string of the molecule is CCCC(NC(=O)N1CCC(OC)C1)C(=O)O. The Morgan fingerprint density at radius 3 is 2.76 bits per heavy atom. The summed E-state index contributed by atoms with van der Waals surface area (Å²) in [4.78, 5) is 24.3. The molecule has 2 unspecified atom stereocenters. The first kappa shape index (κ1) is 13.8. The first-order valence-corrected chi connectivity index (χ1v) is 5.89. The van der Waals surface area contributed by atoms with E-state index >= 15 is 0 Å². The van der Waals surface area contributed by atoms with Crippen molar-refractivity contribution in [2.24, 2.45) is 0 Å². The number of carbonyl (C=O) groups excluding carboxylic acids is 1. The maximum Gasteiger partial charge on any atom is 0.326 e. The Bertz CT molecular complexity index is 283. The van der Waals surface area contributed by atoms with Crippen LogP contribution in [0, 0.1) is 0 Å². The van der Waals surface area contributed by atoms with E-state index in [0.717, 1.165) is 12.8 Å². The molecule has 0 radical (unpaired) electrons. The highest BCUT2D eigenvalue weighted by Crippen LogP contribution is 2.12. The van der Waals surface area contributed by atoms with Crippen LogP contribution in [0.4, 0.5) is 4.79 Å². The number of carboxylic acids is 1. The number of methoxy groups -OCH3 is 1. The van der Waals surface area contributed by atoms with Crippen LogP contribution < -0.4 is 5.32 Å². The molecule has 98 valence electrons. The Hall–Kier alpha value is -1.30. The summed E-state index contributed by atoms with van der Waals surface area (Å²) >= 11 is 0. The lowest BCUT2D eigenvalue weighted by atomic mass is 10.2. The summed E-state index contributed by atoms with van der Waals surface area (Å²) in [7, 11) is 1.61. The molecule has 0 aromatic rings. The lowest BCUT2D eigenvalue weighted by Gasteiger charge is -2.20. The van der Waals surface area contributed by atoms with E-state index in [2.05, 4.69) is 5.32 Å². The molecule has 0 aromatic heterocycles. The highest BCUT2D eigenvalue weighted by Gasteiger charge is 2.28. The number of ether oxygens (including phenoxy) is 1. The summed E-state index contributed by atoms with van der Waals surface area (Å²) in [6, 6.07) is -1.11. The second-order valence-corrected chi connectivity index (χ2v) is 4.22. The van der Waals surface area contributed by atoms with Gasteiger partial charge in [-0.25, -0.2) is 9.59 Å². The monoisotopic (exact) mass is 244 g/mol. The van der Waals surface area contributed by atoms with Crippen molar-refractivity contribution in [1.82, 2.24) is 10.2 Å². The number of urea groups is 1. The zero-order chi connectivity index (χ0) is 12.8. The molecule has 0 aliphatic carbocycles. The van der Waals surface area contributed by atoms with E-state index in [1.807, 2.05) is 6.92 Å². The lowest BCUT2D eigenvalue weighted by molar-refractivity contribution is -0.139. The first-order valence-electron chi connectivity index (χ1n) is 5.89. The van der Waals surface area contributed by atoms with Crippen molar-refractivity contribution >= 4 is 12.0 Å². The van der Waals surface area contributed by atoms with Crippen molar-refractivity contribution in [1.29, 1.82) is 0 Å². The van der Waals surface area contributed by atoms with Gasteiger partial charge in [0.25, 0.3) is 0 Å². The Labute approximate surface area is 101 Å². The molecule has 1 aliphatic heterocycles. The van der Waals surface area contributed by atoms with Crippen LogP contribution in [0.25, 0.3) is 0 Å². The third-order valence-corrected chi connectivity index (χ3v) is 2.94. The van der Waals surface area contributed by atoms with Crippen LogP contribution in [0.1, 0.15) is 26.2 Å². The van der Waals surface area contributed by atoms with Gasteiger partial charge in [0.15, 0.2) is 0 Å². The van der Waals surface area contributed by atoms with E-state index in [1.54, 1.807) is 12.0 Å². The minimum absolute atomic E-state index is 0.0650. The Morgan fingerprint density at radius 1 is 1.59 bits per heavy atom. The van der Waals surface area contributed by atoms with Gasteiger partial charge >= 0.3 is 12.0 Å². The Morgan fingerprint density at radius 2 is 2.29 bits per heavy atom. The van der Waals surface area contributed by atoms with Gasteiger partial charge in [-0.1, -0.05) is 13.3 Å². The van der Waals surface area contributed by atoms with Crippen molar-refractivity contribution in [2.75, 3.05) is 20.2 Å². The fourth-order valence-electron chi connectivity index (χ4n) is 1.89. The predicted molar refractivity (Wildman–Crippen MR) is 61.9 cm³/mol. The quantitative estimate of drug-likeness (QED) is 0.745. The Balaban J connectivity index is 2.45. The van der Waals surface area contributed by atoms with E-state index in [0.29, 0.717) is 19.5 Å². The third-order valence-electron chi connectivity index (χ3n) is 2.94. The van der Waals surface area contributed by atoms with Crippen LogP contribution >= 0.6 is 0 Å². The Kier molecular flexibility index (Phi) is 5.21. The lowest BCUT2D eigenvalue weighted by Crippen LogP contribution is -2.47. The number of nitrogens with one attached hydrogen (secondary N) is 1. The average molecular weight is 244 g/mol. The second-order valence-electron chi connectivity index (χ2n) is 4.22. The van der Waals surface area contributed by atoms with Gasteiger partial charge < -0.3 is 20.1 Å². The molecule has 6 nitrogen and oxygen atoms in total. The molecule has 6 heteroatoms. The third kappa shape index (κ3) is 3.89. The number of nitrogens with zero attached hydrogens (tertiary/aromatic N) is 1. The van der Waals surface area contributed by atoms with Crippen LogP contribution in [0.5, 0.6) is 0 Å². The fraction of sp³-hybridized carbons (Fsp3) is 0.818. The normalized spacial score (nSPS) is 21.3. The topological polar surface area (TPSA) is 78.9 Å². The van der Waals surface area contributed by atoms with Gasteiger partial charge in [0, 0.05) is 20.2 Å². The van der Waals surface area contributed by atoms with Gasteiger partial charge in [0.1, 0.15) is 6.04 Å². The average Bonchev–Trinajstić information content (AvgIpc) is 2.76. The molecule has 0 bridgehead atoms. The van der Waals surface area contributed by atoms with Crippen molar-refractivity contribution in [3.8, 4) is 0 Å². The van der Waals surface area contributed by atoms with Gasteiger partial charge in [0.2, 0.25) is 0 Å². The molecule has 17 heavy (non-hydrogen) atoms. The molecule has 1 fully saturated rings. The second kappa shape index (κ2) is 6.44. The molecule has 1 aliphatic rings. The van der Waals surface area contributed by atoms with E-state index in [9.17, 15) is 9.59 Å². The maximum atomic E-state index is 11.8. The summed E-state index contributed by atoms with van der Waals surface area (Å²) in [6.45, 7) is 3.03. The molecule has 2 amide bonds. The highest BCUT2D eigenvalue weighted by molar-refractivity contribution is 5.82. The first-order chi connectivity index (χ1) is 8.08. The summed E-state index contributed by atoms with van der Waals surface area (Å²) in [6.07, 6.45) is 2.03. The van der Waals surface area contributed by atoms with Gasteiger partial charge in [-0.3, -0.25) is 0 Å². The van der Waals surface area contributed by atoms with Crippen molar-refractivity contribution in [2.45, 2.75) is 38.3 Å². The van der Waals surface area contributed by atoms with E-state index in [-0.39, 0.29) is 12.1 Å². The number of hydrogen-bond acceptors (Lipinski definition) is 3. The largest absolute Gasteiger partial charge is 0.480 e. The molecular formula is C11H20N2O4. The van der Waals surface area contributed by atoms with E-state index < -0.39 is 12.0 Å². The summed E-state index contributed by atoms with van der Waals surface area (Å²) in [5.74, 6) is -0.984. The molecule has 0 spiro atoms. The number of aliphatic carboxylic acids is 1. The van der Waals surface area contributed by atoms with Crippen LogP contribution in [0.3, 0.4) is 0 Å². The zero-order valence-electron chi connectivity index (χ0n) is 10.3.